The molecule has 85 valence electrons. The van der Waals surface area contributed by atoms with Gasteiger partial charge in [0, 0.05) is 6.54 Å². The van der Waals surface area contributed by atoms with Crippen LogP contribution in [0.4, 0.5) is 0 Å². The van der Waals surface area contributed by atoms with Crippen molar-refractivity contribution in [3.8, 4) is 0 Å². The summed E-state index contributed by atoms with van der Waals surface area (Å²) in [5.74, 6) is 0. The predicted molar refractivity (Wildman–Crippen MR) is 64.4 cm³/mol. The van der Waals surface area contributed by atoms with Crippen molar-refractivity contribution in [3.63, 3.8) is 0 Å². The minimum Gasteiger partial charge on any atom is -0.258 e. The van der Waals surface area contributed by atoms with Crippen molar-refractivity contribution in [2.24, 2.45) is 0 Å². The Morgan fingerprint density at radius 1 is 0.571 bits per heavy atom. The van der Waals surface area contributed by atoms with Crippen molar-refractivity contribution < 1.29 is 0 Å². The van der Waals surface area contributed by atoms with Gasteiger partial charge < -0.3 is 0 Å². The topological polar surface area (TPSA) is 23.8 Å². The van der Waals surface area contributed by atoms with Gasteiger partial charge in [-0.3, -0.25) is 5.73 Å². The van der Waals surface area contributed by atoms with E-state index in [9.17, 15) is 0 Å². The fraction of sp³-hybridized carbons (Fsp3) is 1.00. The molecule has 0 aliphatic carbocycles. The number of unbranched alkanes of at least 4 members (excludes halogenated alkanes) is 10. The average molecular weight is 198 g/mol. The van der Waals surface area contributed by atoms with E-state index in [2.05, 4.69) is 6.92 Å². The lowest BCUT2D eigenvalue weighted by molar-refractivity contribution is 0.550. The van der Waals surface area contributed by atoms with Crippen molar-refractivity contribution in [2.45, 2.75) is 77.6 Å². The van der Waals surface area contributed by atoms with Crippen LogP contribution < -0.4 is 5.73 Å². The van der Waals surface area contributed by atoms with Gasteiger partial charge in [0.2, 0.25) is 0 Å². The molecule has 0 aromatic heterocycles. The van der Waals surface area contributed by atoms with Gasteiger partial charge in [0.1, 0.15) is 0 Å². The predicted octanol–water partition coefficient (Wildman–Crippen LogP) is 4.58. The van der Waals surface area contributed by atoms with Gasteiger partial charge >= 0.3 is 0 Å². The Morgan fingerprint density at radius 2 is 0.929 bits per heavy atom. The van der Waals surface area contributed by atoms with E-state index in [1.807, 2.05) is 0 Å². The highest BCUT2D eigenvalue weighted by Gasteiger charge is 1.91. The molecule has 1 nitrogen and oxygen atoms in total. The van der Waals surface area contributed by atoms with E-state index in [1.165, 1.54) is 64.2 Å². The van der Waals surface area contributed by atoms with Crippen LogP contribution in [0.1, 0.15) is 77.6 Å². The molecule has 14 heavy (non-hydrogen) atoms. The first-order chi connectivity index (χ1) is 6.91. The quantitative estimate of drug-likeness (QED) is 0.434. The molecule has 0 fully saturated rings. The Hall–Kier alpha value is -0.0400. The number of nitrogens with one attached hydrogen (secondary N) is 1. The molecule has 0 aromatic carbocycles. The zero-order valence-electron chi connectivity index (χ0n) is 9.99. The van der Waals surface area contributed by atoms with Gasteiger partial charge in [-0.25, -0.2) is 0 Å². The Labute approximate surface area is 90.5 Å². The van der Waals surface area contributed by atoms with Gasteiger partial charge in [0.25, 0.3) is 0 Å². The van der Waals surface area contributed by atoms with E-state index in [1.54, 1.807) is 0 Å². The van der Waals surface area contributed by atoms with Crippen molar-refractivity contribution >= 4 is 0 Å². The highest BCUT2D eigenvalue weighted by molar-refractivity contribution is 4.47. The maximum absolute atomic E-state index is 7.01. The van der Waals surface area contributed by atoms with Crippen molar-refractivity contribution in [2.75, 3.05) is 6.54 Å². The van der Waals surface area contributed by atoms with E-state index in [0.717, 1.165) is 6.42 Å². The molecule has 0 rings (SSSR count). The molecule has 1 heteroatoms. The molecule has 1 N–H and O–H groups in total. The maximum Gasteiger partial charge on any atom is 0.00997 e. The molecule has 0 aliphatic heterocycles. The molecule has 0 heterocycles. The first kappa shape index (κ1) is 14.0. The highest BCUT2D eigenvalue weighted by Crippen LogP contribution is 2.10. The van der Waals surface area contributed by atoms with Crippen LogP contribution in [0, 0.1) is 0 Å². The SMILES string of the molecule is CCCCCCCCCCCCC[NH]. The molecule has 0 saturated heterocycles. The molecule has 0 bridgehead atoms. The highest BCUT2D eigenvalue weighted by atomic mass is 14.5. The molecule has 1 radical (unpaired) electrons. The third-order valence-corrected chi connectivity index (χ3v) is 2.78. The van der Waals surface area contributed by atoms with Gasteiger partial charge in [0.15, 0.2) is 0 Å². The summed E-state index contributed by atoms with van der Waals surface area (Å²) < 4.78 is 0. The molecule has 0 atom stereocenters. The monoisotopic (exact) mass is 198 g/mol. The second-order valence-corrected chi connectivity index (χ2v) is 4.29. The second kappa shape index (κ2) is 13.0. The van der Waals surface area contributed by atoms with Crippen LogP contribution in [0.25, 0.3) is 0 Å². The van der Waals surface area contributed by atoms with Gasteiger partial charge in [-0.15, -0.1) is 0 Å². The van der Waals surface area contributed by atoms with E-state index >= 15 is 0 Å². The van der Waals surface area contributed by atoms with Crippen LogP contribution in [0.3, 0.4) is 0 Å². The lowest BCUT2D eigenvalue weighted by atomic mass is 10.1. The third kappa shape index (κ3) is 12.0. The summed E-state index contributed by atoms with van der Waals surface area (Å²) >= 11 is 0. The van der Waals surface area contributed by atoms with Crippen molar-refractivity contribution in [3.05, 3.63) is 0 Å². The Morgan fingerprint density at radius 3 is 1.29 bits per heavy atom. The van der Waals surface area contributed by atoms with E-state index in [-0.39, 0.29) is 0 Å². The minimum absolute atomic E-state index is 0.622. The minimum atomic E-state index is 0.622. The van der Waals surface area contributed by atoms with Crippen LogP contribution in [-0.4, -0.2) is 6.54 Å². The van der Waals surface area contributed by atoms with Crippen LogP contribution in [0.2, 0.25) is 0 Å². The zero-order valence-corrected chi connectivity index (χ0v) is 9.99. The van der Waals surface area contributed by atoms with Crippen LogP contribution in [0.5, 0.6) is 0 Å². The van der Waals surface area contributed by atoms with Crippen LogP contribution in [0.15, 0.2) is 0 Å². The molecule has 0 saturated carbocycles. The van der Waals surface area contributed by atoms with E-state index in [0.29, 0.717) is 6.54 Å². The fourth-order valence-corrected chi connectivity index (χ4v) is 1.79. The van der Waals surface area contributed by atoms with Gasteiger partial charge in [0.05, 0.1) is 0 Å². The standard InChI is InChI=1S/C13H28N/c1-2-3-4-5-6-7-8-9-10-11-12-13-14/h14H,2-13H2,1H3. The Kier molecular flexibility index (Phi) is 12.9. The maximum atomic E-state index is 7.01. The Bertz CT molecular complexity index is 79.2. The number of rotatable bonds is 11. The van der Waals surface area contributed by atoms with E-state index in [4.69, 9.17) is 5.73 Å². The summed E-state index contributed by atoms with van der Waals surface area (Å²) in [5, 5.41) is 0. The first-order valence-electron chi connectivity index (χ1n) is 6.56. The second-order valence-electron chi connectivity index (χ2n) is 4.29. The molecule has 0 unspecified atom stereocenters. The van der Waals surface area contributed by atoms with Gasteiger partial charge in [-0.2, -0.15) is 0 Å². The summed E-state index contributed by atoms with van der Waals surface area (Å²) in [7, 11) is 0. The summed E-state index contributed by atoms with van der Waals surface area (Å²) in [5.41, 5.74) is 7.01. The molecule has 0 aliphatic rings. The van der Waals surface area contributed by atoms with E-state index < -0.39 is 0 Å². The van der Waals surface area contributed by atoms with Crippen LogP contribution >= 0.6 is 0 Å². The average Bonchev–Trinajstić information content (AvgIpc) is 2.21. The number of hydrogen-bond donors (Lipinski definition) is 0. The smallest absolute Gasteiger partial charge is 0.00997 e. The summed E-state index contributed by atoms with van der Waals surface area (Å²) in [4.78, 5) is 0. The van der Waals surface area contributed by atoms with Crippen molar-refractivity contribution in [1.29, 1.82) is 0 Å². The molecule has 0 aromatic rings. The fourth-order valence-electron chi connectivity index (χ4n) is 1.79. The molecule has 0 amide bonds. The molecular weight excluding hydrogens is 170 g/mol. The van der Waals surface area contributed by atoms with Gasteiger partial charge in [-0.05, 0) is 6.42 Å². The molecular formula is C13H28N. The van der Waals surface area contributed by atoms with Crippen LogP contribution in [-0.2, 0) is 0 Å². The first-order valence-corrected chi connectivity index (χ1v) is 6.56. The third-order valence-electron chi connectivity index (χ3n) is 2.78. The van der Waals surface area contributed by atoms with Crippen molar-refractivity contribution in [1.82, 2.24) is 5.73 Å². The summed E-state index contributed by atoms with van der Waals surface area (Å²) in [6, 6.07) is 0. The lowest BCUT2D eigenvalue weighted by Gasteiger charge is -2.01. The normalized spacial score (nSPS) is 10.7. The van der Waals surface area contributed by atoms with Gasteiger partial charge in [-0.1, -0.05) is 71.1 Å². The summed E-state index contributed by atoms with van der Waals surface area (Å²) in [6.45, 7) is 2.89. The lowest BCUT2D eigenvalue weighted by Crippen LogP contribution is -1.85. The zero-order chi connectivity index (χ0) is 10.5. The number of hydrogen-bond acceptors (Lipinski definition) is 0. The molecule has 0 spiro atoms. The largest absolute Gasteiger partial charge is 0.258 e. The Balaban J connectivity index is 2.78. The summed E-state index contributed by atoms with van der Waals surface area (Å²) in [6.07, 6.45) is 15.1.